The van der Waals surface area contributed by atoms with Crippen molar-refractivity contribution >= 4 is 35.0 Å². The number of para-hydroxylation sites is 2. The Morgan fingerprint density at radius 1 is 1.14 bits per heavy atom. The maximum Gasteiger partial charge on any atom is 0.240 e. The summed E-state index contributed by atoms with van der Waals surface area (Å²) in [6, 6.07) is 7.77. The van der Waals surface area contributed by atoms with Crippen LogP contribution in [0.5, 0.6) is 0 Å². The Morgan fingerprint density at radius 2 is 1.77 bits per heavy atom. The third kappa shape index (κ3) is 2.86. The summed E-state index contributed by atoms with van der Waals surface area (Å²) in [7, 11) is 0. The lowest BCUT2D eigenvalue weighted by Gasteiger charge is -2.27. The number of carbonyl (C=O) groups excluding carboxylic acids is 2. The number of anilines is 2. The molecule has 4 nitrogen and oxygen atoms in total. The van der Waals surface area contributed by atoms with Crippen LogP contribution in [-0.4, -0.2) is 35.9 Å². The normalized spacial score (nSPS) is 24.8. The molecule has 2 aliphatic rings. The van der Waals surface area contributed by atoms with Crippen molar-refractivity contribution in [2.24, 2.45) is 5.92 Å². The average Bonchev–Trinajstić information content (AvgIpc) is 2.99. The van der Waals surface area contributed by atoms with Gasteiger partial charge in [-0.25, -0.2) is 0 Å². The van der Waals surface area contributed by atoms with Crippen molar-refractivity contribution in [3.05, 3.63) is 24.3 Å². The number of hydrogen-bond donors (Lipinski definition) is 0. The molecule has 0 unspecified atom stereocenters. The fourth-order valence-corrected chi connectivity index (χ4v) is 4.47. The summed E-state index contributed by atoms with van der Waals surface area (Å²) in [6.45, 7) is 5.03. The van der Waals surface area contributed by atoms with Crippen LogP contribution in [0, 0.1) is 5.92 Å². The standard InChI is InChI=1S/C17H22N2O2S/c1-12-10-18(13(2)20)14-6-3-4-7-15(14)19(11-12)17(21)16-8-5-9-22-16/h3-4,6-7,12,16H,5,8-11H2,1-2H3/t12-,16+/m0/s1. The van der Waals surface area contributed by atoms with Crippen molar-refractivity contribution in [1.82, 2.24) is 0 Å². The van der Waals surface area contributed by atoms with Gasteiger partial charge < -0.3 is 9.80 Å². The molecule has 22 heavy (non-hydrogen) atoms. The van der Waals surface area contributed by atoms with Gasteiger partial charge in [0.2, 0.25) is 11.8 Å². The van der Waals surface area contributed by atoms with Crippen LogP contribution in [-0.2, 0) is 9.59 Å². The van der Waals surface area contributed by atoms with Crippen LogP contribution in [0.3, 0.4) is 0 Å². The molecule has 0 spiro atoms. The molecule has 0 bridgehead atoms. The molecule has 118 valence electrons. The Labute approximate surface area is 135 Å². The van der Waals surface area contributed by atoms with Gasteiger partial charge in [0.05, 0.1) is 16.6 Å². The summed E-state index contributed by atoms with van der Waals surface area (Å²) in [5.74, 6) is 1.56. The summed E-state index contributed by atoms with van der Waals surface area (Å²) in [4.78, 5) is 28.7. The molecule has 1 aromatic carbocycles. The minimum atomic E-state index is 0.0313. The number of rotatable bonds is 1. The fourth-order valence-electron chi connectivity index (χ4n) is 3.25. The van der Waals surface area contributed by atoms with Gasteiger partial charge in [-0.05, 0) is 36.6 Å². The van der Waals surface area contributed by atoms with Crippen LogP contribution in [0.2, 0.25) is 0 Å². The summed E-state index contributed by atoms with van der Waals surface area (Å²) in [5, 5.41) is 0.0733. The van der Waals surface area contributed by atoms with E-state index in [4.69, 9.17) is 0 Å². The first-order chi connectivity index (χ1) is 10.6. The fraction of sp³-hybridized carbons (Fsp3) is 0.529. The second-order valence-corrected chi connectivity index (χ2v) is 7.48. The van der Waals surface area contributed by atoms with E-state index in [2.05, 4.69) is 6.92 Å². The van der Waals surface area contributed by atoms with Crippen LogP contribution in [0.15, 0.2) is 24.3 Å². The highest BCUT2D eigenvalue weighted by Gasteiger charge is 2.34. The highest BCUT2D eigenvalue weighted by Crippen LogP contribution is 2.36. The maximum atomic E-state index is 12.9. The topological polar surface area (TPSA) is 40.6 Å². The molecule has 0 N–H and O–H groups in total. The molecular formula is C17H22N2O2S. The van der Waals surface area contributed by atoms with Gasteiger partial charge >= 0.3 is 0 Å². The molecule has 2 aliphatic heterocycles. The number of hydrogen-bond acceptors (Lipinski definition) is 3. The first-order valence-corrected chi connectivity index (χ1v) is 8.93. The van der Waals surface area contributed by atoms with Gasteiger partial charge in [-0.3, -0.25) is 9.59 Å². The van der Waals surface area contributed by atoms with Crippen molar-refractivity contribution < 1.29 is 9.59 Å². The second-order valence-electron chi connectivity index (χ2n) is 6.17. The molecule has 1 saturated heterocycles. The third-order valence-corrected chi connectivity index (χ3v) is 5.67. The van der Waals surface area contributed by atoms with Gasteiger partial charge in [0.15, 0.2) is 0 Å². The van der Waals surface area contributed by atoms with E-state index in [1.165, 1.54) is 0 Å². The zero-order valence-electron chi connectivity index (χ0n) is 13.1. The first kappa shape index (κ1) is 15.4. The van der Waals surface area contributed by atoms with E-state index in [1.807, 2.05) is 29.2 Å². The van der Waals surface area contributed by atoms with E-state index >= 15 is 0 Å². The predicted molar refractivity (Wildman–Crippen MR) is 91.5 cm³/mol. The molecule has 0 aliphatic carbocycles. The monoisotopic (exact) mass is 318 g/mol. The van der Waals surface area contributed by atoms with Crippen LogP contribution >= 0.6 is 11.8 Å². The van der Waals surface area contributed by atoms with Gasteiger partial charge in [0.1, 0.15) is 0 Å². The minimum absolute atomic E-state index is 0.0313. The number of amides is 2. The van der Waals surface area contributed by atoms with Gasteiger partial charge in [-0.15, -0.1) is 11.8 Å². The Balaban J connectivity index is 2.00. The van der Waals surface area contributed by atoms with E-state index < -0.39 is 0 Å². The summed E-state index contributed by atoms with van der Waals surface area (Å²) in [6.07, 6.45) is 2.08. The van der Waals surface area contributed by atoms with Crippen molar-refractivity contribution in [3.63, 3.8) is 0 Å². The van der Waals surface area contributed by atoms with Gasteiger partial charge in [-0.1, -0.05) is 19.1 Å². The van der Waals surface area contributed by atoms with E-state index in [1.54, 1.807) is 23.6 Å². The number of benzene rings is 1. The van der Waals surface area contributed by atoms with Crippen molar-refractivity contribution in [2.75, 3.05) is 28.6 Å². The number of fused-ring (bicyclic) bond motifs is 1. The van der Waals surface area contributed by atoms with Gasteiger partial charge in [0.25, 0.3) is 0 Å². The summed E-state index contributed by atoms with van der Waals surface area (Å²) in [5.41, 5.74) is 1.73. The van der Waals surface area contributed by atoms with E-state index in [0.717, 1.165) is 30.0 Å². The molecular weight excluding hydrogens is 296 g/mol. The largest absolute Gasteiger partial charge is 0.310 e. The molecule has 0 radical (unpaired) electrons. The molecule has 3 rings (SSSR count). The number of thioether (sulfide) groups is 1. The highest BCUT2D eigenvalue weighted by molar-refractivity contribution is 8.00. The lowest BCUT2D eigenvalue weighted by Crippen LogP contribution is -2.39. The zero-order chi connectivity index (χ0) is 15.7. The number of carbonyl (C=O) groups is 2. The molecule has 0 aromatic heterocycles. The summed E-state index contributed by atoms with van der Waals surface area (Å²) >= 11 is 1.76. The molecule has 0 saturated carbocycles. The van der Waals surface area contributed by atoms with Crippen LogP contribution in [0.1, 0.15) is 26.7 Å². The lowest BCUT2D eigenvalue weighted by atomic mass is 10.1. The smallest absolute Gasteiger partial charge is 0.240 e. The van der Waals surface area contributed by atoms with E-state index in [0.29, 0.717) is 13.1 Å². The average molecular weight is 318 g/mol. The summed E-state index contributed by atoms with van der Waals surface area (Å²) < 4.78 is 0. The van der Waals surface area contributed by atoms with Crippen LogP contribution in [0.4, 0.5) is 11.4 Å². The molecule has 1 fully saturated rings. The van der Waals surface area contributed by atoms with Crippen molar-refractivity contribution in [3.8, 4) is 0 Å². The highest BCUT2D eigenvalue weighted by atomic mass is 32.2. The van der Waals surface area contributed by atoms with Crippen molar-refractivity contribution in [2.45, 2.75) is 31.9 Å². The Morgan fingerprint density at radius 3 is 2.36 bits per heavy atom. The Bertz CT molecular complexity index is 584. The zero-order valence-corrected chi connectivity index (χ0v) is 13.9. The third-order valence-electron chi connectivity index (χ3n) is 4.30. The van der Waals surface area contributed by atoms with E-state index in [-0.39, 0.29) is 23.0 Å². The van der Waals surface area contributed by atoms with Gasteiger partial charge in [-0.2, -0.15) is 0 Å². The minimum Gasteiger partial charge on any atom is -0.310 e. The second kappa shape index (κ2) is 6.32. The molecule has 2 atom stereocenters. The van der Waals surface area contributed by atoms with Crippen molar-refractivity contribution in [1.29, 1.82) is 0 Å². The Kier molecular flexibility index (Phi) is 4.43. The molecule has 5 heteroatoms. The first-order valence-electron chi connectivity index (χ1n) is 7.88. The van der Waals surface area contributed by atoms with Crippen LogP contribution < -0.4 is 9.80 Å². The molecule has 2 amide bonds. The molecule has 1 aromatic rings. The maximum absolute atomic E-state index is 12.9. The Hall–Kier alpha value is -1.49. The lowest BCUT2D eigenvalue weighted by molar-refractivity contribution is -0.118. The quantitative estimate of drug-likeness (QED) is 0.799. The number of nitrogens with zero attached hydrogens (tertiary/aromatic N) is 2. The van der Waals surface area contributed by atoms with Crippen LogP contribution in [0.25, 0.3) is 0 Å². The molecule has 2 heterocycles. The predicted octanol–water partition coefficient (Wildman–Crippen LogP) is 2.92. The van der Waals surface area contributed by atoms with Gasteiger partial charge in [0, 0.05) is 20.0 Å². The SMILES string of the molecule is CC(=O)N1C[C@H](C)CN(C(=O)[C@H]2CCCS2)c2ccccc21. The van der Waals surface area contributed by atoms with E-state index in [9.17, 15) is 9.59 Å².